The van der Waals surface area contributed by atoms with E-state index in [1.165, 1.54) is 18.9 Å². The van der Waals surface area contributed by atoms with Gasteiger partial charge in [0.05, 0.1) is 12.5 Å². The molecule has 0 radical (unpaired) electrons. The maximum absolute atomic E-state index is 11.3. The molecule has 0 amide bonds. The van der Waals surface area contributed by atoms with Crippen LogP contribution >= 0.6 is 11.8 Å². The van der Waals surface area contributed by atoms with Crippen LogP contribution < -0.4 is 0 Å². The van der Waals surface area contributed by atoms with Gasteiger partial charge in [0.15, 0.2) is 5.12 Å². The van der Waals surface area contributed by atoms with Crippen LogP contribution in [-0.4, -0.2) is 23.9 Å². The Morgan fingerprint density at radius 3 is 2.40 bits per heavy atom. The third kappa shape index (κ3) is 5.82. The molecule has 0 saturated carbocycles. The fraction of sp³-hybridized carbons (Fsp3) is 0.818. The molecule has 0 bridgehead atoms. The second kappa shape index (κ2) is 6.88. The van der Waals surface area contributed by atoms with Gasteiger partial charge in [-0.3, -0.25) is 9.59 Å². The van der Waals surface area contributed by atoms with Crippen molar-refractivity contribution >= 4 is 22.8 Å². The highest BCUT2D eigenvalue weighted by molar-refractivity contribution is 8.13. The van der Waals surface area contributed by atoms with E-state index >= 15 is 0 Å². The fourth-order valence-corrected chi connectivity index (χ4v) is 2.26. The number of methoxy groups -OCH3 is 1. The normalized spacial score (nSPS) is 11.2. The molecule has 0 aromatic rings. The summed E-state index contributed by atoms with van der Waals surface area (Å²) in [7, 11) is 1.39. The third-order valence-electron chi connectivity index (χ3n) is 2.18. The summed E-state index contributed by atoms with van der Waals surface area (Å²) < 4.78 is 4.69. The van der Waals surface area contributed by atoms with E-state index in [0.717, 1.165) is 6.42 Å². The van der Waals surface area contributed by atoms with E-state index in [2.05, 4.69) is 4.74 Å². The van der Waals surface area contributed by atoms with Crippen molar-refractivity contribution in [2.75, 3.05) is 12.9 Å². The number of carbonyl (C=O) groups excluding carboxylic acids is 2. The van der Waals surface area contributed by atoms with E-state index in [1.807, 2.05) is 20.8 Å². The Morgan fingerprint density at radius 1 is 1.33 bits per heavy atom. The summed E-state index contributed by atoms with van der Waals surface area (Å²) in [5.74, 6) is 0.465. The van der Waals surface area contributed by atoms with Gasteiger partial charge in [-0.2, -0.15) is 0 Å². The Hall–Kier alpha value is -0.510. The minimum Gasteiger partial charge on any atom is -0.469 e. The molecule has 0 saturated heterocycles. The molecule has 0 fully saturated rings. The molecular formula is C11H20O3S. The molecule has 0 aliphatic heterocycles. The van der Waals surface area contributed by atoms with Crippen LogP contribution in [0.25, 0.3) is 0 Å². The lowest BCUT2D eigenvalue weighted by atomic mass is 9.91. The van der Waals surface area contributed by atoms with Crippen LogP contribution in [0.4, 0.5) is 0 Å². The van der Waals surface area contributed by atoms with Gasteiger partial charge in [-0.05, 0) is 26.7 Å². The molecule has 0 aliphatic carbocycles. The third-order valence-corrected chi connectivity index (χ3v) is 3.12. The molecule has 0 unspecified atom stereocenters. The van der Waals surface area contributed by atoms with Crippen molar-refractivity contribution in [3.05, 3.63) is 0 Å². The lowest BCUT2D eigenvalue weighted by molar-refractivity contribution is -0.150. The standard InChI is InChI=1S/C11H20O3S/c1-5-6-9(12)15-8-7-11(2,3)10(13)14-4/h5-8H2,1-4H3. The minimum atomic E-state index is -0.492. The van der Waals surface area contributed by atoms with Gasteiger partial charge in [0.25, 0.3) is 0 Å². The first kappa shape index (κ1) is 14.5. The molecule has 0 atom stereocenters. The van der Waals surface area contributed by atoms with Gasteiger partial charge >= 0.3 is 5.97 Å². The van der Waals surface area contributed by atoms with E-state index in [9.17, 15) is 9.59 Å². The van der Waals surface area contributed by atoms with Gasteiger partial charge in [0.2, 0.25) is 0 Å². The topological polar surface area (TPSA) is 43.4 Å². The molecule has 4 heteroatoms. The number of carbonyl (C=O) groups is 2. The van der Waals surface area contributed by atoms with Crippen molar-refractivity contribution in [2.24, 2.45) is 5.41 Å². The van der Waals surface area contributed by atoms with E-state index < -0.39 is 5.41 Å². The molecule has 15 heavy (non-hydrogen) atoms. The van der Waals surface area contributed by atoms with Crippen LogP contribution in [-0.2, 0) is 14.3 Å². The summed E-state index contributed by atoms with van der Waals surface area (Å²) in [6, 6.07) is 0. The SMILES string of the molecule is CCCC(=O)SCCC(C)(C)C(=O)OC. The largest absolute Gasteiger partial charge is 0.469 e. The quantitative estimate of drug-likeness (QED) is 0.660. The van der Waals surface area contributed by atoms with Crippen LogP contribution in [0.2, 0.25) is 0 Å². The maximum atomic E-state index is 11.3. The molecular weight excluding hydrogens is 212 g/mol. The second-order valence-electron chi connectivity index (χ2n) is 4.10. The molecule has 0 aromatic carbocycles. The van der Waals surface area contributed by atoms with Gasteiger partial charge in [0.1, 0.15) is 0 Å². The average Bonchev–Trinajstić information content (AvgIpc) is 2.16. The Labute approximate surface area is 95.9 Å². The molecule has 0 aromatic heterocycles. The molecule has 0 spiro atoms. The zero-order valence-corrected chi connectivity index (χ0v) is 10.8. The summed E-state index contributed by atoms with van der Waals surface area (Å²) >= 11 is 1.31. The monoisotopic (exact) mass is 232 g/mol. The van der Waals surface area contributed by atoms with Gasteiger partial charge in [-0.25, -0.2) is 0 Å². The smallest absolute Gasteiger partial charge is 0.311 e. The van der Waals surface area contributed by atoms with E-state index in [1.54, 1.807) is 0 Å². The molecule has 0 aliphatic rings. The zero-order chi connectivity index (χ0) is 11.9. The Balaban J connectivity index is 3.84. The van der Waals surface area contributed by atoms with Crippen molar-refractivity contribution in [3.63, 3.8) is 0 Å². The molecule has 0 rings (SSSR count). The van der Waals surface area contributed by atoms with Gasteiger partial charge in [-0.1, -0.05) is 18.7 Å². The number of hydrogen-bond donors (Lipinski definition) is 0. The number of hydrogen-bond acceptors (Lipinski definition) is 4. The predicted octanol–water partition coefficient (Wildman–Crippen LogP) is 2.64. The van der Waals surface area contributed by atoms with Gasteiger partial charge in [-0.15, -0.1) is 0 Å². The van der Waals surface area contributed by atoms with Crippen LogP contribution in [0, 0.1) is 5.41 Å². The lowest BCUT2D eigenvalue weighted by Gasteiger charge is -2.20. The average molecular weight is 232 g/mol. The number of ether oxygens (including phenoxy) is 1. The fourth-order valence-electron chi connectivity index (χ4n) is 1.07. The lowest BCUT2D eigenvalue weighted by Crippen LogP contribution is -2.26. The van der Waals surface area contributed by atoms with E-state index in [0.29, 0.717) is 18.6 Å². The Bertz CT molecular complexity index is 224. The van der Waals surface area contributed by atoms with Crippen LogP contribution in [0.15, 0.2) is 0 Å². The van der Waals surface area contributed by atoms with Crippen molar-refractivity contribution in [1.29, 1.82) is 0 Å². The van der Waals surface area contributed by atoms with E-state index in [-0.39, 0.29) is 11.1 Å². The highest BCUT2D eigenvalue weighted by Crippen LogP contribution is 2.24. The number of esters is 1. The summed E-state index contributed by atoms with van der Waals surface area (Å²) in [6.07, 6.45) is 2.16. The number of rotatable bonds is 6. The molecule has 0 heterocycles. The van der Waals surface area contributed by atoms with Crippen molar-refractivity contribution < 1.29 is 14.3 Å². The van der Waals surface area contributed by atoms with Crippen LogP contribution in [0.1, 0.15) is 40.0 Å². The first-order valence-corrected chi connectivity index (χ1v) is 6.16. The van der Waals surface area contributed by atoms with E-state index in [4.69, 9.17) is 0 Å². The van der Waals surface area contributed by atoms with Crippen LogP contribution in [0.5, 0.6) is 0 Å². The summed E-state index contributed by atoms with van der Waals surface area (Å²) in [4.78, 5) is 22.5. The minimum absolute atomic E-state index is 0.207. The second-order valence-corrected chi connectivity index (χ2v) is 5.25. The predicted molar refractivity (Wildman–Crippen MR) is 62.8 cm³/mol. The van der Waals surface area contributed by atoms with Gasteiger partial charge in [0, 0.05) is 12.2 Å². The maximum Gasteiger partial charge on any atom is 0.311 e. The van der Waals surface area contributed by atoms with Crippen molar-refractivity contribution in [1.82, 2.24) is 0 Å². The highest BCUT2D eigenvalue weighted by atomic mass is 32.2. The first-order valence-electron chi connectivity index (χ1n) is 5.18. The first-order chi connectivity index (χ1) is 6.94. The van der Waals surface area contributed by atoms with Crippen LogP contribution in [0.3, 0.4) is 0 Å². The summed E-state index contributed by atoms with van der Waals surface area (Å²) in [5, 5.41) is 0.207. The van der Waals surface area contributed by atoms with Gasteiger partial charge < -0.3 is 4.74 Å². The Kier molecular flexibility index (Phi) is 6.65. The highest BCUT2D eigenvalue weighted by Gasteiger charge is 2.28. The summed E-state index contributed by atoms with van der Waals surface area (Å²) in [6.45, 7) is 5.66. The van der Waals surface area contributed by atoms with Crippen molar-refractivity contribution in [2.45, 2.75) is 40.0 Å². The summed E-state index contributed by atoms with van der Waals surface area (Å²) in [5.41, 5.74) is -0.492. The molecule has 3 nitrogen and oxygen atoms in total. The zero-order valence-electron chi connectivity index (χ0n) is 9.96. The Morgan fingerprint density at radius 2 is 1.93 bits per heavy atom. The van der Waals surface area contributed by atoms with Crippen molar-refractivity contribution in [3.8, 4) is 0 Å². The number of thioether (sulfide) groups is 1. The molecule has 0 N–H and O–H groups in total. The molecule has 88 valence electrons.